The molecule has 0 saturated heterocycles. The quantitative estimate of drug-likeness (QED) is 0.789. The number of pyridine rings is 1. The Bertz CT molecular complexity index is 529. The Balaban J connectivity index is 2.57. The van der Waals surface area contributed by atoms with Crippen molar-refractivity contribution in [1.82, 2.24) is 4.98 Å². The molecule has 0 radical (unpaired) electrons. The van der Waals surface area contributed by atoms with Gasteiger partial charge >= 0.3 is 0 Å². The number of hydrogen-bond donors (Lipinski definition) is 0. The van der Waals surface area contributed by atoms with E-state index in [4.69, 9.17) is 16.9 Å². The maximum absolute atomic E-state index is 8.79. The van der Waals surface area contributed by atoms with Crippen molar-refractivity contribution in [3.8, 4) is 17.2 Å². The van der Waals surface area contributed by atoms with E-state index in [2.05, 4.69) is 11.1 Å². The first kappa shape index (κ1) is 10.7. The van der Waals surface area contributed by atoms with E-state index >= 15 is 0 Å². The van der Waals surface area contributed by atoms with Crippen LogP contribution in [0.4, 0.5) is 0 Å². The van der Waals surface area contributed by atoms with Crippen molar-refractivity contribution in [2.24, 2.45) is 0 Å². The lowest BCUT2D eigenvalue weighted by atomic mass is 10.0. The summed E-state index contributed by atoms with van der Waals surface area (Å²) in [6, 6.07) is 11.9. The molecule has 1 aromatic heterocycles. The minimum atomic E-state index is 0.297. The van der Waals surface area contributed by atoms with E-state index in [0.29, 0.717) is 11.4 Å². The highest BCUT2D eigenvalue weighted by Crippen LogP contribution is 2.28. The first-order chi connectivity index (χ1) is 7.83. The Kier molecular flexibility index (Phi) is 3.19. The monoisotopic (exact) mass is 228 g/mol. The number of rotatable bonds is 2. The Labute approximate surface area is 99.1 Å². The highest BCUT2D eigenvalue weighted by atomic mass is 35.5. The molecule has 0 N–H and O–H groups in total. The van der Waals surface area contributed by atoms with Gasteiger partial charge in [0.05, 0.1) is 17.5 Å². The van der Waals surface area contributed by atoms with Crippen LogP contribution in [-0.2, 0) is 6.42 Å². The summed E-state index contributed by atoms with van der Waals surface area (Å²) in [5.74, 6) is 0. The molecule has 2 rings (SSSR count). The Morgan fingerprint density at radius 2 is 1.94 bits per heavy atom. The van der Waals surface area contributed by atoms with Gasteiger partial charge in [0.1, 0.15) is 0 Å². The van der Waals surface area contributed by atoms with Crippen LogP contribution in [0.25, 0.3) is 11.1 Å². The molecule has 0 aliphatic carbocycles. The molecular formula is C13H9ClN2. The highest BCUT2D eigenvalue weighted by Gasteiger charge is 2.08. The van der Waals surface area contributed by atoms with Crippen LogP contribution in [-0.4, -0.2) is 4.98 Å². The zero-order chi connectivity index (χ0) is 11.4. The SMILES string of the molecule is N#CCc1c(Cl)cncc1-c1ccccc1. The normalized spacial score (nSPS) is 9.75. The minimum absolute atomic E-state index is 0.297. The maximum atomic E-state index is 8.79. The van der Waals surface area contributed by atoms with Gasteiger partial charge in [0.15, 0.2) is 0 Å². The number of aromatic nitrogens is 1. The second kappa shape index (κ2) is 4.78. The summed E-state index contributed by atoms with van der Waals surface area (Å²) in [7, 11) is 0. The molecule has 0 bridgehead atoms. The Morgan fingerprint density at radius 3 is 2.62 bits per heavy atom. The molecule has 78 valence electrons. The number of nitrogens with zero attached hydrogens (tertiary/aromatic N) is 2. The number of nitriles is 1. The molecule has 0 aliphatic rings. The van der Waals surface area contributed by atoms with Gasteiger partial charge in [-0.1, -0.05) is 41.9 Å². The molecule has 1 aromatic carbocycles. The third-order valence-corrected chi connectivity index (χ3v) is 2.67. The summed E-state index contributed by atoms with van der Waals surface area (Å²) in [6.45, 7) is 0. The molecule has 0 amide bonds. The predicted molar refractivity (Wildman–Crippen MR) is 64.0 cm³/mol. The average Bonchev–Trinajstić information content (AvgIpc) is 2.33. The molecule has 3 heteroatoms. The van der Waals surface area contributed by atoms with E-state index in [1.165, 1.54) is 0 Å². The topological polar surface area (TPSA) is 36.7 Å². The number of benzene rings is 1. The van der Waals surface area contributed by atoms with Crippen LogP contribution in [0.15, 0.2) is 42.7 Å². The van der Waals surface area contributed by atoms with Crippen LogP contribution >= 0.6 is 11.6 Å². The molecule has 2 aromatic rings. The van der Waals surface area contributed by atoms with Crippen molar-refractivity contribution in [3.05, 3.63) is 53.3 Å². The molecular weight excluding hydrogens is 220 g/mol. The molecule has 0 fully saturated rings. The second-order valence-corrected chi connectivity index (χ2v) is 3.76. The van der Waals surface area contributed by atoms with Gasteiger partial charge in [-0.3, -0.25) is 4.98 Å². The van der Waals surface area contributed by atoms with Gasteiger partial charge in [0.25, 0.3) is 0 Å². The third-order valence-electron chi connectivity index (χ3n) is 2.35. The largest absolute Gasteiger partial charge is 0.263 e. The van der Waals surface area contributed by atoms with Gasteiger partial charge in [-0.2, -0.15) is 5.26 Å². The van der Waals surface area contributed by atoms with Crippen molar-refractivity contribution in [2.75, 3.05) is 0 Å². The minimum Gasteiger partial charge on any atom is -0.263 e. The Hall–Kier alpha value is -1.85. The van der Waals surface area contributed by atoms with E-state index in [1.807, 2.05) is 30.3 Å². The van der Waals surface area contributed by atoms with Gasteiger partial charge < -0.3 is 0 Å². The average molecular weight is 229 g/mol. The molecule has 2 nitrogen and oxygen atoms in total. The van der Waals surface area contributed by atoms with E-state index in [9.17, 15) is 0 Å². The van der Waals surface area contributed by atoms with Gasteiger partial charge in [0.2, 0.25) is 0 Å². The molecule has 1 heterocycles. The standard InChI is InChI=1S/C13H9ClN2/c14-13-9-16-8-12(11(13)6-7-15)10-4-2-1-3-5-10/h1-5,8-9H,6H2. The van der Waals surface area contributed by atoms with Gasteiger partial charge in [-0.15, -0.1) is 0 Å². The predicted octanol–water partition coefficient (Wildman–Crippen LogP) is 3.47. The number of halogens is 1. The van der Waals surface area contributed by atoms with Crippen molar-refractivity contribution in [3.63, 3.8) is 0 Å². The summed E-state index contributed by atoms with van der Waals surface area (Å²) < 4.78 is 0. The lowest BCUT2D eigenvalue weighted by Crippen LogP contribution is -1.91. The van der Waals surface area contributed by atoms with Crippen LogP contribution in [0.5, 0.6) is 0 Å². The van der Waals surface area contributed by atoms with E-state index in [1.54, 1.807) is 12.4 Å². The molecule has 16 heavy (non-hydrogen) atoms. The van der Waals surface area contributed by atoms with Gasteiger partial charge in [0, 0.05) is 18.0 Å². The van der Waals surface area contributed by atoms with E-state index < -0.39 is 0 Å². The molecule has 0 unspecified atom stereocenters. The van der Waals surface area contributed by atoms with Crippen molar-refractivity contribution < 1.29 is 0 Å². The smallest absolute Gasteiger partial charge is 0.0670 e. The van der Waals surface area contributed by atoms with Crippen molar-refractivity contribution in [2.45, 2.75) is 6.42 Å². The zero-order valence-electron chi connectivity index (χ0n) is 8.52. The van der Waals surface area contributed by atoms with E-state index in [-0.39, 0.29) is 0 Å². The summed E-state index contributed by atoms with van der Waals surface area (Å²) in [5.41, 5.74) is 2.79. The van der Waals surface area contributed by atoms with E-state index in [0.717, 1.165) is 16.7 Å². The summed E-state index contributed by atoms with van der Waals surface area (Å²) in [5, 5.41) is 9.33. The van der Waals surface area contributed by atoms with Crippen LogP contribution < -0.4 is 0 Å². The van der Waals surface area contributed by atoms with Crippen molar-refractivity contribution >= 4 is 11.6 Å². The maximum Gasteiger partial charge on any atom is 0.0670 e. The van der Waals surface area contributed by atoms with Crippen LogP contribution in [0.1, 0.15) is 5.56 Å². The van der Waals surface area contributed by atoms with Crippen LogP contribution in [0.2, 0.25) is 5.02 Å². The fraction of sp³-hybridized carbons (Fsp3) is 0.0769. The highest BCUT2D eigenvalue weighted by molar-refractivity contribution is 6.31. The molecule has 0 saturated carbocycles. The first-order valence-electron chi connectivity index (χ1n) is 4.87. The molecule has 0 atom stereocenters. The Morgan fingerprint density at radius 1 is 1.19 bits per heavy atom. The second-order valence-electron chi connectivity index (χ2n) is 3.35. The lowest BCUT2D eigenvalue weighted by Gasteiger charge is -2.07. The molecule has 0 aliphatic heterocycles. The summed E-state index contributed by atoms with van der Waals surface area (Å²) >= 11 is 6.04. The fourth-order valence-electron chi connectivity index (χ4n) is 1.59. The summed E-state index contributed by atoms with van der Waals surface area (Å²) in [4.78, 5) is 4.06. The van der Waals surface area contributed by atoms with Gasteiger partial charge in [-0.25, -0.2) is 0 Å². The third kappa shape index (κ3) is 2.05. The van der Waals surface area contributed by atoms with Crippen molar-refractivity contribution in [1.29, 1.82) is 5.26 Å². The van der Waals surface area contributed by atoms with Crippen LogP contribution in [0, 0.1) is 11.3 Å². The first-order valence-corrected chi connectivity index (χ1v) is 5.25. The fourth-order valence-corrected chi connectivity index (χ4v) is 1.81. The number of hydrogen-bond acceptors (Lipinski definition) is 2. The van der Waals surface area contributed by atoms with Gasteiger partial charge in [-0.05, 0) is 11.1 Å². The zero-order valence-corrected chi connectivity index (χ0v) is 9.28. The summed E-state index contributed by atoms with van der Waals surface area (Å²) in [6.07, 6.45) is 3.61. The molecule has 0 spiro atoms. The lowest BCUT2D eigenvalue weighted by molar-refractivity contribution is 1.21. The van der Waals surface area contributed by atoms with Crippen LogP contribution in [0.3, 0.4) is 0 Å².